The fourth-order valence-electron chi connectivity index (χ4n) is 7.64. The highest BCUT2D eigenvalue weighted by atomic mass is 16.3. The van der Waals surface area contributed by atoms with E-state index in [1.54, 1.807) is 6.92 Å². The molecule has 3 saturated heterocycles. The molecule has 0 aliphatic carbocycles. The van der Waals surface area contributed by atoms with Crippen molar-refractivity contribution in [3.63, 3.8) is 0 Å². The summed E-state index contributed by atoms with van der Waals surface area (Å²) in [6.07, 6.45) is 3.02. The lowest BCUT2D eigenvalue weighted by Crippen LogP contribution is -2.61. The minimum Gasteiger partial charge on any atom is -0.394 e. The molecule has 0 saturated carbocycles. The molecule has 1 aromatic carbocycles. The van der Waals surface area contributed by atoms with Crippen LogP contribution < -0.4 is 26.6 Å². The Labute approximate surface area is 324 Å². The molecule has 4 rings (SSSR count). The molecule has 1 aromatic rings. The normalized spacial score (nSPS) is 28.9. The Balaban J connectivity index is 1.78. The van der Waals surface area contributed by atoms with E-state index >= 15 is 0 Å². The first-order valence-corrected chi connectivity index (χ1v) is 20.0. The zero-order valence-corrected chi connectivity index (χ0v) is 33.1. The summed E-state index contributed by atoms with van der Waals surface area (Å²) in [6.45, 7) is 10.8. The summed E-state index contributed by atoms with van der Waals surface area (Å²) in [4.78, 5) is 101. The molecule has 0 bridgehead atoms. The molecular weight excluding hydrogens is 706 g/mol. The van der Waals surface area contributed by atoms with E-state index in [9.17, 15) is 38.7 Å². The molecule has 3 fully saturated rings. The summed E-state index contributed by atoms with van der Waals surface area (Å²) >= 11 is 0. The Morgan fingerprint density at radius 2 is 1.07 bits per heavy atom. The third kappa shape index (κ3) is 10.8. The SMILES string of the molecule is CCC(C)[C@@H]1NC(=O)[C@H](CC(C)C)NC(=O)[C@@H]2CCCN2C(=O)[C@H](Cc2ccccc2)NC(=O)[C@H](C(C)CC)NC(=O)[C@@H]2CCCN2C(=O)[C@H](CO)NC1=O. The second kappa shape index (κ2) is 19.9. The molecule has 2 unspecified atom stereocenters. The van der Waals surface area contributed by atoms with Crippen molar-refractivity contribution >= 4 is 41.4 Å². The Hall–Kier alpha value is -4.53. The van der Waals surface area contributed by atoms with Crippen molar-refractivity contribution in [3.05, 3.63) is 35.9 Å². The summed E-state index contributed by atoms with van der Waals surface area (Å²) in [5, 5.41) is 24.4. The van der Waals surface area contributed by atoms with Crippen molar-refractivity contribution in [3.8, 4) is 0 Å². The number of hydrogen-bond donors (Lipinski definition) is 6. The van der Waals surface area contributed by atoms with Crippen molar-refractivity contribution in [1.82, 2.24) is 36.4 Å². The van der Waals surface area contributed by atoms with Crippen molar-refractivity contribution in [2.24, 2.45) is 17.8 Å². The number of rotatable bonds is 9. The summed E-state index contributed by atoms with van der Waals surface area (Å²) < 4.78 is 0. The van der Waals surface area contributed by atoms with Crippen molar-refractivity contribution in [1.29, 1.82) is 0 Å². The van der Waals surface area contributed by atoms with Gasteiger partial charge in [0.05, 0.1) is 6.61 Å². The second-order valence-corrected chi connectivity index (χ2v) is 15.8. The van der Waals surface area contributed by atoms with Crippen LogP contribution in [0.15, 0.2) is 30.3 Å². The minimum atomic E-state index is -1.41. The lowest BCUT2D eigenvalue weighted by molar-refractivity contribution is -0.144. The first-order valence-electron chi connectivity index (χ1n) is 20.0. The highest BCUT2D eigenvalue weighted by Crippen LogP contribution is 2.23. The third-order valence-corrected chi connectivity index (χ3v) is 11.3. The van der Waals surface area contributed by atoms with Crippen molar-refractivity contribution in [2.75, 3.05) is 19.7 Å². The summed E-state index contributed by atoms with van der Waals surface area (Å²) in [7, 11) is 0. The van der Waals surface area contributed by atoms with Gasteiger partial charge in [-0.25, -0.2) is 0 Å². The van der Waals surface area contributed by atoms with Crippen LogP contribution in [0.25, 0.3) is 0 Å². The van der Waals surface area contributed by atoms with Gasteiger partial charge >= 0.3 is 0 Å². The first kappa shape index (κ1) is 43.2. The summed E-state index contributed by atoms with van der Waals surface area (Å²) in [5.74, 6) is -4.89. The minimum absolute atomic E-state index is 0.0345. The molecule has 3 aliphatic heterocycles. The van der Waals surface area contributed by atoms with E-state index in [-0.39, 0.29) is 37.8 Å². The van der Waals surface area contributed by atoms with Crippen LogP contribution in [0, 0.1) is 17.8 Å². The lowest BCUT2D eigenvalue weighted by Gasteiger charge is -2.32. The molecule has 304 valence electrons. The number of fused-ring (bicyclic) bond motifs is 2. The van der Waals surface area contributed by atoms with Crippen LogP contribution in [0.4, 0.5) is 0 Å². The van der Waals surface area contributed by atoms with E-state index < -0.39 is 96.2 Å². The summed E-state index contributed by atoms with van der Waals surface area (Å²) in [6, 6.07) is 1.57. The molecule has 0 aromatic heterocycles. The van der Waals surface area contributed by atoms with Gasteiger partial charge in [-0.15, -0.1) is 0 Å². The lowest BCUT2D eigenvalue weighted by atomic mass is 9.96. The highest BCUT2D eigenvalue weighted by Gasteiger charge is 2.43. The molecule has 55 heavy (non-hydrogen) atoms. The predicted molar refractivity (Wildman–Crippen MR) is 205 cm³/mol. The molecule has 15 nitrogen and oxygen atoms in total. The van der Waals surface area contributed by atoms with Gasteiger partial charge in [0.15, 0.2) is 0 Å². The number of aliphatic hydroxyl groups is 1. The van der Waals surface area contributed by atoms with Crippen LogP contribution in [0.5, 0.6) is 0 Å². The van der Waals surface area contributed by atoms with Crippen LogP contribution in [0.1, 0.15) is 92.1 Å². The molecule has 15 heteroatoms. The fraction of sp³-hybridized carbons (Fsp3) is 0.675. The van der Waals surface area contributed by atoms with E-state index in [4.69, 9.17) is 0 Å². The van der Waals surface area contributed by atoms with Crippen LogP contribution in [-0.2, 0) is 40.0 Å². The maximum atomic E-state index is 14.5. The van der Waals surface area contributed by atoms with Crippen LogP contribution in [-0.4, -0.2) is 118 Å². The number of carbonyl (C=O) groups excluding carboxylic acids is 7. The van der Waals surface area contributed by atoms with Gasteiger partial charge < -0.3 is 41.5 Å². The number of benzene rings is 1. The topological polar surface area (TPSA) is 206 Å². The van der Waals surface area contributed by atoms with Gasteiger partial charge in [0, 0.05) is 19.5 Å². The molecule has 0 radical (unpaired) electrons. The van der Waals surface area contributed by atoms with E-state index in [0.29, 0.717) is 38.5 Å². The number of nitrogens with zero attached hydrogens (tertiary/aromatic N) is 2. The van der Waals surface area contributed by atoms with Gasteiger partial charge in [-0.2, -0.15) is 0 Å². The second-order valence-electron chi connectivity index (χ2n) is 15.8. The zero-order valence-electron chi connectivity index (χ0n) is 33.1. The number of aliphatic hydroxyl groups excluding tert-OH is 1. The van der Waals surface area contributed by atoms with Crippen molar-refractivity contribution < 1.29 is 38.7 Å². The highest BCUT2D eigenvalue weighted by molar-refractivity contribution is 5.99. The summed E-state index contributed by atoms with van der Waals surface area (Å²) in [5.41, 5.74) is 0.780. The van der Waals surface area contributed by atoms with Gasteiger partial charge in [-0.05, 0) is 55.4 Å². The quantitative estimate of drug-likeness (QED) is 0.211. The molecular formula is C40H61N7O8. The largest absolute Gasteiger partial charge is 0.394 e. The maximum absolute atomic E-state index is 14.5. The number of amides is 7. The first-order chi connectivity index (χ1) is 26.2. The molecule has 3 aliphatic rings. The Morgan fingerprint density at radius 3 is 1.56 bits per heavy atom. The molecule has 9 atom stereocenters. The molecule has 7 amide bonds. The average molecular weight is 768 g/mol. The Kier molecular flexibility index (Phi) is 15.6. The Morgan fingerprint density at radius 1 is 0.618 bits per heavy atom. The molecule has 0 spiro atoms. The number of nitrogens with one attached hydrogen (secondary N) is 5. The smallest absolute Gasteiger partial charge is 0.248 e. The van der Waals surface area contributed by atoms with Gasteiger partial charge in [-0.1, -0.05) is 84.7 Å². The third-order valence-electron chi connectivity index (χ3n) is 11.3. The monoisotopic (exact) mass is 767 g/mol. The van der Waals surface area contributed by atoms with E-state index in [1.807, 2.05) is 65.0 Å². The molecule has 6 N–H and O–H groups in total. The van der Waals surface area contributed by atoms with Gasteiger partial charge in [0.1, 0.15) is 42.3 Å². The molecule has 3 heterocycles. The van der Waals surface area contributed by atoms with E-state index in [2.05, 4.69) is 26.6 Å². The van der Waals surface area contributed by atoms with Crippen LogP contribution in [0.2, 0.25) is 0 Å². The van der Waals surface area contributed by atoms with Gasteiger partial charge in [0.25, 0.3) is 0 Å². The number of hydrogen-bond acceptors (Lipinski definition) is 8. The Bertz CT molecular complexity index is 1540. The number of carbonyl (C=O) groups is 7. The van der Waals surface area contributed by atoms with Gasteiger partial charge in [-0.3, -0.25) is 33.6 Å². The van der Waals surface area contributed by atoms with E-state index in [0.717, 1.165) is 5.56 Å². The average Bonchev–Trinajstić information content (AvgIpc) is 3.87. The van der Waals surface area contributed by atoms with E-state index in [1.165, 1.54) is 9.80 Å². The van der Waals surface area contributed by atoms with Crippen LogP contribution in [0.3, 0.4) is 0 Å². The van der Waals surface area contributed by atoms with Crippen LogP contribution >= 0.6 is 0 Å². The van der Waals surface area contributed by atoms with Gasteiger partial charge in [0.2, 0.25) is 41.4 Å². The standard InChI is InChI=1S/C40H61N7O8/c1-7-24(5)32-38(53)43-29(22-48)40(55)47-19-13-17-31(47)36(51)45-33(25(6)8-2)37(52)42-28(21-26-14-10-9-11-15-26)39(54)46-18-12-16-30(46)35(50)41-27(20-23(3)4)34(49)44-32/h9-11,14-15,23-25,27-33,48H,7-8,12-13,16-22H2,1-6H3,(H,41,50)(H,42,52)(H,43,53)(H,44,49)(H,45,51)/t24?,25?,27-,28-,29-,30-,31-,32-,33-/m0/s1. The maximum Gasteiger partial charge on any atom is 0.248 e. The zero-order chi connectivity index (χ0) is 40.4. The predicted octanol–water partition coefficient (Wildman–Crippen LogP) is 0.779. The van der Waals surface area contributed by atoms with Crippen molar-refractivity contribution in [2.45, 2.75) is 135 Å². The fourth-order valence-corrected chi connectivity index (χ4v) is 7.64.